The fourth-order valence-corrected chi connectivity index (χ4v) is 3.02. The highest BCUT2D eigenvalue weighted by Gasteiger charge is 2.24. The zero-order valence-corrected chi connectivity index (χ0v) is 12.9. The quantitative estimate of drug-likeness (QED) is 0.588. The first-order valence-corrected chi connectivity index (χ1v) is 7.85. The average molecular weight is 258 g/mol. The van der Waals surface area contributed by atoms with Gasteiger partial charge in [-0.05, 0) is 49.9 Å². The molecule has 0 heterocycles. The number of aliphatic hydroxyl groups excluding tert-OH is 2. The molecule has 0 aliphatic heterocycles. The molecule has 0 aliphatic rings. The fourth-order valence-electron chi connectivity index (χ4n) is 3.02. The predicted molar refractivity (Wildman–Crippen MR) is 78.6 cm³/mol. The minimum atomic E-state index is -0.151. The summed E-state index contributed by atoms with van der Waals surface area (Å²) in [6.45, 7) is 9.09. The maximum Gasteiger partial charge on any atom is 0.0594 e. The van der Waals surface area contributed by atoms with E-state index in [1.54, 1.807) is 0 Å². The van der Waals surface area contributed by atoms with Crippen LogP contribution in [-0.4, -0.2) is 22.9 Å². The molecular formula is C16H34O2. The Balaban J connectivity index is 4.14. The zero-order chi connectivity index (χ0) is 14.0. The van der Waals surface area contributed by atoms with Crippen molar-refractivity contribution in [3.63, 3.8) is 0 Å². The minimum Gasteiger partial charge on any atom is -0.396 e. The Bertz CT molecular complexity index is 176. The van der Waals surface area contributed by atoms with Gasteiger partial charge < -0.3 is 10.2 Å². The van der Waals surface area contributed by atoms with Crippen molar-refractivity contribution in [3.05, 3.63) is 0 Å². The van der Waals surface area contributed by atoms with Crippen molar-refractivity contribution < 1.29 is 10.2 Å². The molecular weight excluding hydrogens is 224 g/mol. The Labute approximate surface area is 114 Å². The molecule has 2 nitrogen and oxygen atoms in total. The molecule has 110 valence electrons. The normalized spacial score (nSPS) is 16.8. The van der Waals surface area contributed by atoms with Crippen molar-refractivity contribution in [2.75, 3.05) is 6.61 Å². The Hall–Kier alpha value is -0.0800. The van der Waals surface area contributed by atoms with Crippen molar-refractivity contribution in [2.45, 2.75) is 78.7 Å². The van der Waals surface area contributed by atoms with Crippen LogP contribution in [0.15, 0.2) is 0 Å². The molecule has 2 N–H and O–H groups in total. The summed E-state index contributed by atoms with van der Waals surface area (Å²) in [6.07, 6.45) is 7.49. The average Bonchev–Trinajstić information content (AvgIpc) is 2.35. The van der Waals surface area contributed by atoms with Gasteiger partial charge in [-0.25, -0.2) is 0 Å². The van der Waals surface area contributed by atoms with Crippen LogP contribution in [0.3, 0.4) is 0 Å². The number of hydrogen-bond acceptors (Lipinski definition) is 2. The van der Waals surface area contributed by atoms with Gasteiger partial charge in [-0.1, -0.05) is 40.5 Å². The van der Waals surface area contributed by atoms with E-state index in [4.69, 9.17) is 5.11 Å². The first-order valence-electron chi connectivity index (χ1n) is 7.85. The molecule has 0 aromatic heterocycles. The van der Waals surface area contributed by atoms with Crippen LogP contribution in [0, 0.1) is 17.8 Å². The second-order valence-corrected chi connectivity index (χ2v) is 6.01. The van der Waals surface area contributed by atoms with Gasteiger partial charge in [0.1, 0.15) is 0 Å². The summed E-state index contributed by atoms with van der Waals surface area (Å²) >= 11 is 0. The maximum absolute atomic E-state index is 10.5. The highest BCUT2D eigenvalue weighted by molar-refractivity contribution is 4.75. The van der Waals surface area contributed by atoms with Gasteiger partial charge in [0.05, 0.1) is 6.10 Å². The lowest BCUT2D eigenvalue weighted by atomic mass is 9.81. The third-order valence-electron chi connectivity index (χ3n) is 4.01. The second kappa shape index (κ2) is 10.8. The summed E-state index contributed by atoms with van der Waals surface area (Å²) < 4.78 is 0. The molecule has 0 saturated heterocycles. The van der Waals surface area contributed by atoms with Crippen molar-refractivity contribution in [2.24, 2.45) is 17.8 Å². The highest BCUT2D eigenvalue weighted by atomic mass is 16.3. The molecule has 3 atom stereocenters. The third-order valence-corrected chi connectivity index (χ3v) is 4.01. The maximum atomic E-state index is 10.5. The summed E-state index contributed by atoms with van der Waals surface area (Å²) in [4.78, 5) is 0. The molecule has 0 rings (SSSR count). The van der Waals surface area contributed by atoms with E-state index in [9.17, 15) is 5.11 Å². The monoisotopic (exact) mass is 258 g/mol. The van der Waals surface area contributed by atoms with E-state index in [2.05, 4.69) is 27.7 Å². The summed E-state index contributed by atoms with van der Waals surface area (Å²) in [7, 11) is 0. The van der Waals surface area contributed by atoms with Crippen LogP contribution in [0.1, 0.15) is 72.6 Å². The first-order chi connectivity index (χ1) is 8.56. The van der Waals surface area contributed by atoms with Crippen LogP contribution >= 0.6 is 0 Å². The van der Waals surface area contributed by atoms with Crippen molar-refractivity contribution in [1.29, 1.82) is 0 Å². The highest BCUT2D eigenvalue weighted by Crippen LogP contribution is 2.27. The predicted octanol–water partition coefficient (Wildman–Crippen LogP) is 4.00. The molecule has 2 heteroatoms. The van der Waals surface area contributed by atoms with Crippen LogP contribution in [0.25, 0.3) is 0 Å². The molecule has 0 saturated carbocycles. The number of rotatable bonds is 11. The van der Waals surface area contributed by atoms with E-state index in [-0.39, 0.29) is 12.7 Å². The van der Waals surface area contributed by atoms with E-state index in [0.29, 0.717) is 17.8 Å². The molecule has 0 fully saturated rings. The standard InChI is InChI=1S/C16H34O2/c1-5-8-15(9-6-2)16(18)14(4)12-13(3)10-7-11-17/h13-18H,5-12H2,1-4H3. The topological polar surface area (TPSA) is 40.5 Å². The Morgan fingerprint density at radius 2 is 1.50 bits per heavy atom. The van der Waals surface area contributed by atoms with Crippen LogP contribution in [0.2, 0.25) is 0 Å². The molecule has 0 spiro atoms. The van der Waals surface area contributed by atoms with Crippen molar-refractivity contribution in [1.82, 2.24) is 0 Å². The van der Waals surface area contributed by atoms with Crippen LogP contribution < -0.4 is 0 Å². The van der Waals surface area contributed by atoms with Crippen molar-refractivity contribution in [3.8, 4) is 0 Å². The van der Waals surface area contributed by atoms with E-state index in [0.717, 1.165) is 44.9 Å². The van der Waals surface area contributed by atoms with Crippen LogP contribution in [0.5, 0.6) is 0 Å². The van der Waals surface area contributed by atoms with Gasteiger partial charge in [-0.15, -0.1) is 0 Å². The van der Waals surface area contributed by atoms with Crippen LogP contribution in [-0.2, 0) is 0 Å². The van der Waals surface area contributed by atoms with Gasteiger partial charge >= 0.3 is 0 Å². The molecule has 3 unspecified atom stereocenters. The largest absolute Gasteiger partial charge is 0.396 e. The molecule has 0 radical (unpaired) electrons. The van der Waals surface area contributed by atoms with Gasteiger partial charge in [0.2, 0.25) is 0 Å². The van der Waals surface area contributed by atoms with Gasteiger partial charge in [0.15, 0.2) is 0 Å². The lowest BCUT2D eigenvalue weighted by molar-refractivity contribution is 0.0385. The Morgan fingerprint density at radius 1 is 0.944 bits per heavy atom. The van der Waals surface area contributed by atoms with E-state index in [1.807, 2.05) is 0 Å². The molecule has 0 aromatic carbocycles. The number of hydrogen-bond donors (Lipinski definition) is 2. The minimum absolute atomic E-state index is 0.151. The Kier molecular flexibility index (Phi) is 10.8. The summed E-state index contributed by atoms with van der Waals surface area (Å²) in [5, 5.41) is 19.3. The Morgan fingerprint density at radius 3 is 1.94 bits per heavy atom. The van der Waals surface area contributed by atoms with E-state index < -0.39 is 0 Å². The molecule has 18 heavy (non-hydrogen) atoms. The lowest BCUT2D eigenvalue weighted by Gasteiger charge is -2.29. The lowest BCUT2D eigenvalue weighted by Crippen LogP contribution is -2.28. The van der Waals surface area contributed by atoms with Gasteiger partial charge in [0.25, 0.3) is 0 Å². The van der Waals surface area contributed by atoms with E-state index >= 15 is 0 Å². The molecule has 0 aliphatic carbocycles. The second-order valence-electron chi connectivity index (χ2n) is 6.01. The third kappa shape index (κ3) is 7.38. The zero-order valence-electron chi connectivity index (χ0n) is 12.9. The SMILES string of the molecule is CCCC(CCC)C(O)C(C)CC(C)CCCO. The van der Waals surface area contributed by atoms with Gasteiger partial charge in [-0.3, -0.25) is 0 Å². The smallest absolute Gasteiger partial charge is 0.0594 e. The van der Waals surface area contributed by atoms with E-state index in [1.165, 1.54) is 0 Å². The van der Waals surface area contributed by atoms with Gasteiger partial charge in [-0.2, -0.15) is 0 Å². The summed E-state index contributed by atoms with van der Waals surface area (Å²) in [6, 6.07) is 0. The fraction of sp³-hybridized carbons (Fsp3) is 1.00. The van der Waals surface area contributed by atoms with Crippen molar-refractivity contribution >= 4 is 0 Å². The first kappa shape index (κ1) is 17.9. The summed E-state index contributed by atoms with van der Waals surface area (Å²) in [5.74, 6) is 1.45. The van der Waals surface area contributed by atoms with Crippen LogP contribution in [0.4, 0.5) is 0 Å². The van der Waals surface area contributed by atoms with Gasteiger partial charge in [0, 0.05) is 6.61 Å². The molecule has 0 amide bonds. The summed E-state index contributed by atoms with van der Waals surface area (Å²) in [5.41, 5.74) is 0. The molecule has 0 bridgehead atoms. The molecule has 0 aromatic rings. The number of aliphatic hydroxyl groups is 2.